The molecule has 0 saturated heterocycles. The van der Waals surface area contributed by atoms with Gasteiger partial charge in [-0.05, 0) is 23.9 Å². The van der Waals surface area contributed by atoms with Crippen LogP contribution in [0.2, 0.25) is 5.15 Å². The molecule has 96 valence electrons. The Labute approximate surface area is 118 Å². The average molecular weight is 292 g/mol. The van der Waals surface area contributed by atoms with Crippen molar-refractivity contribution in [1.29, 1.82) is 0 Å². The highest BCUT2D eigenvalue weighted by molar-refractivity contribution is 7.17. The second-order valence-electron chi connectivity index (χ2n) is 4.23. The molecule has 19 heavy (non-hydrogen) atoms. The Kier molecular flexibility index (Phi) is 3.08. The molecule has 0 atom stereocenters. The van der Waals surface area contributed by atoms with Gasteiger partial charge >= 0.3 is 0 Å². The minimum Gasteiger partial charge on any atom is -0.293 e. The molecule has 0 amide bonds. The van der Waals surface area contributed by atoms with Crippen LogP contribution in [0.1, 0.15) is 11.1 Å². The first-order valence-corrected chi connectivity index (χ1v) is 6.95. The first-order valence-electron chi connectivity index (χ1n) is 5.69. The van der Waals surface area contributed by atoms with Crippen LogP contribution < -0.4 is 5.56 Å². The molecule has 0 unspecified atom stereocenters. The average Bonchev–Trinajstić information content (AvgIpc) is 2.78. The molecule has 3 rings (SSSR count). The van der Waals surface area contributed by atoms with Gasteiger partial charge in [-0.15, -0.1) is 11.3 Å². The fourth-order valence-corrected chi connectivity index (χ4v) is 3.02. The van der Waals surface area contributed by atoms with Crippen LogP contribution >= 0.6 is 22.9 Å². The molecule has 0 bridgehead atoms. The van der Waals surface area contributed by atoms with E-state index < -0.39 is 0 Å². The summed E-state index contributed by atoms with van der Waals surface area (Å²) in [6.07, 6.45) is 3.19. The summed E-state index contributed by atoms with van der Waals surface area (Å²) in [5, 5.41) is 2.36. The quantitative estimate of drug-likeness (QED) is 0.682. The molecular weight excluding hydrogens is 282 g/mol. The lowest BCUT2D eigenvalue weighted by atomic mass is 10.3. The highest BCUT2D eigenvalue weighted by Crippen LogP contribution is 2.20. The van der Waals surface area contributed by atoms with E-state index in [0.29, 0.717) is 16.4 Å². The molecule has 0 N–H and O–H groups in total. The van der Waals surface area contributed by atoms with Crippen molar-refractivity contribution in [3.8, 4) is 0 Å². The minimum atomic E-state index is -0.0389. The van der Waals surface area contributed by atoms with E-state index in [2.05, 4.69) is 9.97 Å². The molecule has 0 aliphatic rings. The van der Waals surface area contributed by atoms with Gasteiger partial charge < -0.3 is 0 Å². The monoisotopic (exact) mass is 291 g/mol. The lowest BCUT2D eigenvalue weighted by Crippen LogP contribution is -2.20. The summed E-state index contributed by atoms with van der Waals surface area (Å²) in [5.74, 6) is 0. The summed E-state index contributed by atoms with van der Waals surface area (Å²) in [6, 6.07) is 3.65. The van der Waals surface area contributed by atoms with Crippen molar-refractivity contribution in [2.75, 3.05) is 0 Å². The van der Waals surface area contributed by atoms with Gasteiger partial charge in [-0.25, -0.2) is 9.97 Å². The number of pyridine rings is 1. The normalized spacial score (nSPS) is 11.1. The van der Waals surface area contributed by atoms with E-state index in [1.165, 1.54) is 11.3 Å². The smallest absolute Gasteiger partial charge is 0.271 e. The van der Waals surface area contributed by atoms with Crippen molar-refractivity contribution >= 4 is 33.2 Å². The van der Waals surface area contributed by atoms with Crippen LogP contribution in [-0.4, -0.2) is 14.5 Å². The Hall–Kier alpha value is -1.72. The molecule has 0 aliphatic heterocycles. The third-order valence-electron chi connectivity index (χ3n) is 2.90. The van der Waals surface area contributed by atoms with Crippen LogP contribution in [0.15, 0.2) is 34.8 Å². The minimum absolute atomic E-state index is 0.0389. The summed E-state index contributed by atoms with van der Waals surface area (Å²) in [6.45, 7) is 2.33. The summed E-state index contributed by atoms with van der Waals surface area (Å²) in [7, 11) is 0. The summed E-state index contributed by atoms with van der Waals surface area (Å²) in [5.41, 5.74) is 2.58. The van der Waals surface area contributed by atoms with Crippen molar-refractivity contribution < 1.29 is 0 Å². The van der Waals surface area contributed by atoms with E-state index >= 15 is 0 Å². The molecule has 0 aromatic carbocycles. The van der Waals surface area contributed by atoms with Crippen molar-refractivity contribution in [2.24, 2.45) is 0 Å². The van der Waals surface area contributed by atoms with Crippen molar-refractivity contribution in [1.82, 2.24) is 14.5 Å². The maximum absolute atomic E-state index is 12.3. The first-order chi connectivity index (χ1) is 9.16. The number of rotatable bonds is 2. The molecular formula is C13H10ClN3OS. The lowest BCUT2D eigenvalue weighted by Gasteiger charge is -2.06. The Morgan fingerprint density at radius 1 is 1.42 bits per heavy atom. The molecule has 6 heteroatoms. The van der Waals surface area contributed by atoms with Crippen molar-refractivity contribution in [3.63, 3.8) is 0 Å². The number of halogens is 1. The third kappa shape index (κ3) is 2.15. The van der Waals surface area contributed by atoms with E-state index in [4.69, 9.17) is 11.6 Å². The molecule has 0 fully saturated rings. The zero-order chi connectivity index (χ0) is 13.4. The standard InChI is InChI=1S/C13H10ClN3OS/c1-8-6-19-11-10(8)16-7-17(13(11)18)5-9-3-2-4-15-12(9)14/h2-4,6-7H,5H2,1H3. The van der Waals surface area contributed by atoms with E-state index in [1.807, 2.05) is 18.4 Å². The molecule has 4 nitrogen and oxygen atoms in total. The third-order valence-corrected chi connectivity index (χ3v) is 4.32. The van der Waals surface area contributed by atoms with E-state index in [-0.39, 0.29) is 5.56 Å². The second kappa shape index (κ2) is 4.75. The van der Waals surface area contributed by atoms with Gasteiger partial charge in [0.1, 0.15) is 9.85 Å². The molecule has 3 aromatic rings. The molecule has 0 saturated carbocycles. The fraction of sp³-hybridized carbons (Fsp3) is 0.154. The maximum atomic E-state index is 12.3. The van der Waals surface area contributed by atoms with Gasteiger partial charge in [-0.3, -0.25) is 9.36 Å². The fourth-order valence-electron chi connectivity index (χ4n) is 1.89. The van der Waals surface area contributed by atoms with Crippen LogP contribution in [0, 0.1) is 6.92 Å². The van der Waals surface area contributed by atoms with Crippen LogP contribution in [0.4, 0.5) is 0 Å². The Morgan fingerprint density at radius 3 is 3.05 bits per heavy atom. The van der Waals surface area contributed by atoms with Crippen LogP contribution in [-0.2, 0) is 6.54 Å². The predicted octanol–water partition coefficient (Wildman–Crippen LogP) is 2.86. The van der Waals surface area contributed by atoms with Gasteiger partial charge in [0.25, 0.3) is 5.56 Å². The second-order valence-corrected chi connectivity index (χ2v) is 5.47. The molecule has 0 aliphatic carbocycles. The summed E-state index contributed by atoms with van der Waals surface area (Å²) < 4.78 is 2.24. The number of fused-ring (bicyclic) bond motifs is 1. The first kappa shape index (κ1) is 12.3. The van der Waals surface area contributed by atoms with Crippen LogP contribution in [0.25, 0.3) is 10.2 Å². The molecule has 3 aromatic heterocycles. The Morgan fingerprint density at radius 2 is 2.26 bits per heavy atom. The SMILES string of the molecule is Cc1csc2c(=O)n(Cc3cccnc3Cl)cnc12. The molecule has 3 heterocycles. The Bertz CT molecular complexity index is 809. The molecule has 0 radical (unpaired) electrons. The van der Waals surface area contributed by atoms with Gasteiger partial charge in [-0.1, -0.05) is 17.7 Å². The maximum Gasteiger partial charge on any atom is 0.271 e. The predicted molar refractivity (Wildman–Crippen MR) is 77.0 cm³/mol. The zero-order valence-electron chi connectivity index (χ0n) is 10.1. The number of nitrogens with zero attached hydrogens (tertiary/aromatic N) is 3. The number of aryl methyl sites for hydroxylation is 1. The molecule has 0 spiro atoms. The van der Waals surface area contributed by atoms with Gasteiger partial charge in [0, 0.05) is 11.8 Å². The summed E-state index contributed by atoms with van der Waals surface area (Å²) >= 11 is 7.43. The number of aromatic nitrogens is 3. The van der Waals surface area contributed by atoms with Gasteiger partial charge in [0.15, 0.2) is 0 Å². The van der Waals surface area contributed by atoms with Crippen LogP contribution in [0.5, 0.6) is 0 Å². The van der Waals surface area contributed by atoms with Gasteiger partial charge in [0.05, 0.1) is 18.4 Å². The van der Waals surface area contributed by atoms with Crippen molar-refractivity contribution in [2.45, 2.75) is 13.5 Å². The number of thiophene rings is 1. The number of hydrogen-bond donors (Lipinski definition) is 0. The zero-order valence-corrected chi connectivity index (χ0v) is 11.7. The highest BCUT2D eigenvalue weighted by atomic mass is 35.5. The van der Waals surface area contributed by atoms with E-state index in [1.54, 1.807) is 23.2 Å². The van der Waals surface area contributed by atoms with Crippen LogP contribution in [0.3, 0.4) is 0 Å². The highest BCUT2D eigenvalue weighted by Gasteiger charge is 2.09. The number of hydrogen-bond acceptors (Lipinski definition) is 4. The van der Waals surface area contributed by atoms with Gasteiger partial charge in [-0.2, -0.15) is 0 Å². The van der Waals surface area contributed by atoms with Crippen molar-refractivity contribution in [3.05, 3.63) is 56.7 Å². The van der Waals surface area contributed by atoms with E-state index in [0.717, 1.165) is 16.6 Å². The summed E-state index contributed by atoms with van der Waals surface area (Å²) in [4.78, 5) is 20.7. The lowest BCUT2D eigenvalue weighted by molar-refractivity contribution is 0.747. The Balaban J connectivity index is 2.09. The largest absolute Gasteiger partial charge is 0.293 e. The van der Waals surface area contributed by atoms with Gasteiger partial charge in [0.2, 0.25) is 0 Å². The topological polar surface area (TPSA) is 47.8 Å². The van der Waals surface area contributed by atoms with E-state index in [9.17, 15) is 4.79 Å².